The Balaban J connectivity index is 3.14. The van der Waals surface area contributed by atoms with Gasteiger partial charge in [-0.25, -0.2) is 0 Å². The normalized spacial score (nSPS) is 11.3. The predicted molar refractivity (Wildman–Crippen MR) is 113 cm³/mol. The van der Waals surface area contributed by atoms with Crippen LogP contribution in [0.2, 0.25) is 0 Å². The van der Waals surface area contributed by atoms with Crippen molar-refractivity contribution in [2.45, 2.75) is 117 Å². The van der Waals surface area contributed by atoms with Crippen molar-refractivity contribution in [3.8, 4) is 0 Å². The molecule has 0 rings (SSSR count). The van der Waals surface area contributed by atoms with Gasteiger partial charge in [0, 0.05) is 13.0 Å². The standard InChI is InChI=1S/C23H46O4/c1-4-5-6-7-8-9-10-11-12-13-14-15-19-27-23(24)17-16-18-25-20-21-26-22(2)3/h22H,4-21H2,1-3H3. The molecule has 0 fully saturated rings. The summed E-state index contributed by atoms with van der Waals surface area (Å²) >= 11 is 0. The molecule has 0 amide bonds. The highest BCUT2D eigenvalue weighted by molar-refractivity contribution is 5.69. The molecule has 0 aliphatic carbocycles. The summed E-state index contributed by atoms with van der Waals surface area (Å²) in [6.07, 6.45) is 17.3. The van der Waals surface area contributed by atoms with Crippen LogP contribution >= 0.6 is 0 Å². The van der Waals surface area contributed by atoms with Gasteiger partial charge in [-0.15, -0.1) is 0 Å². The van der Waals surface area contributed by atoms with Gasteiger partial charge in [-0.2, -0.15) is 0 Å². The van der Waals surface area contributed by atoms with Crippen LogP contribution in [0.5, 0.6) is 0 Å². The van der Waals surface area contributed by atoms with E-state index in [1.807, 2.05) is 13.8 Å². The molecule has 0 aliphatic rings. The van der Waals surface area contributed by atoms with Gasteiger partial charge in [-0.3, -0.25) is 4.79 Å². The van der Waals surface area contributed by atoms with Crippen LogP contribution in [0.4, 0.5) is 0 Å². The summed E-state index contributed by atoms with van der Waals surface area (Å²) in [5.41, 5.74) is 0. The number of rotatable bonds is 21. The summed E-state index contributed by atoms with van der Waals surface area (Å²) in [5.74, 6) is -0.0971. The van der Waals surface area contributed by atoms with Crippen LogP contribution in [0.1, 0.15) is 111 Å². The van der Waals surface area contributed by atoms with Crippen LogP contribution in [0, 0.1) is 0 Å². The van der Waals surface area contributed by atoms with Crippen molar-refractivity contribution in [1.29, 1.82) is 0 Å². The number of unbranched alkanes of at least 4 members (excludes halogenated alkanes) is 11. The van der Waals surface area contributed by atoms with E-state index < -0.39 is 0 Å². The maximum absolute atomic E-state index is 11.6. The molecular formula is C23H46O4. The van der Waals surface area contributed by atoms with Crippen molar-refractivity contribution in [3.63, 3.8) is 0 Å². The van der Waals surface area contributed by atoms with Crippen molar-refractivity contribution in [3.05, 3.63) is 0 Å². The van der Waals surface area contributed by atoms with E-state index in [4.69, 9.17) is 14.2 Å². The first-order chi connectivity index (χ1) is 13.2. The maximum Gasteiger partial charge on any atom is 0.305 e. The zero-order valence-electron chi connectivity index (χ0n) is 18.4. The Labute approximate surface area is 168 Å². The topological polar surface area (TPSA) is 44.8 Å². The number of hydrogen-bond acceptors (Lipinski definition) is 4. The Kier molecular flexibility index (Phi) is 21.2. The summed E-state index contributed by atoms with van der Waals surface area (Å²) in [7, 11) is 0. The van der Waals surface area contributed by atoms with Crippen LogP contribution in [-0.4, -0.2) is 38.5 Å². The van der Waals surface area contributed by atoms with E-state index in [0.717, 1.165) is 12.8 Å². The summed E-state index contributed by atoms with van der Waals surface area (Å²) in [6.45, 7) is 8.64. The Morgan fingerprint density at radius 2 is 1.22 bits per heavy atom. The van der Waals surface area contributed by atoms with Gasteiger partial charge in [0.1, 0.15) is 0 Å². The van der Waals surface area contributed by atoms with E-state index in [0.29, 0.717) is 32.8 Å². The van der Waals surface area contributed by atoms with Crippen LogP contribution in [0.3, 0.4) is 0 Å². The Bertz CT molecular complexity index is 305. The zero-order valence-corrected chi connectivity index (χ0v) is 18.4. The highest BCUT2D eigenvalue weighted by Gasteiger charge is 2.02. The summed E-state index contributed by atoms with van der Waals surface area (Å²) in [5, 5.41) is 0. The quantitative estimate of drug-likeness (QED) is 0.168. The number of ether oxygens (including phenoxy) is 3. The first kappa shape index (κ1) is 26.4. The number of carbonyl (C=O) groups excluding carboxylic acids is 1. The first-order valence-corrected chi connectivity index (χ1v) is 11.5. The highest BCUT2D eigenvalue weighted by atomic mass is 16.5. The lowest BCUT2D eigenvalue weighted by Crippen LogP contribution is -2.11. The average molecular weight is 387 g/mol. The smallest absolute Gasteiger partial charge is 0.305 e. The molecule has 0 aromatic heterocycles. The third kappa shape index (κ3) is 23.4. The lowest BCUT2D eigenvalue weighted by Gasteiger charge is -2.08. The molecule has 0 heterocycles. The lowest BCUT2D eigenvalue weighted by atomic mass is 10.1. The fourth-order valence-electron chi connectivity index (χ4n) is 2.96. The van der Waals surface area contributed by atoms with Crippen LogP contribution in [0.15, 0.2) is 0 Å². The Morgan fingerprint density at radius 1 is 0.667 bits per heavy atom. The molecule has 0 atom stereocenters. The fourth-order valence-corrected chi connectivity index (χ4v) is 2.96. The molecule has 0 unspecified atom stereocenters. The Hall–Kier alpha value is -0.610. The molecule has 0 aliphatic heterocycles. The van der Waals surface area contributed by atoms with E-state index in [9.17, 15) is 4.79 Å². The SMILES string of the molecule is CCCCCCCCCCCCCCOC(=O)CCCOCCOC(C)C. The van der Waals surface area contributed by atoms with Crippen molar-refractivity contribution in [2.24, 2.45) is 0 Å². The molecule has 0 radical (unpaired) electrons. The second-order valence-electron chi connectivity index (χ2n) is 7.75. The summed E-state index contributed by atoms with van der Waals surface area (Å²) < 4.78 is 16.1. The molecule has 4 nitrogen and oxygen atoms in total. The number of carbonyl (C=O) groups is 1. The van der Waals surface area contributed by atoms with Crippen molar-refractivity contribution >= 4 is 5.97 Å². The fraction of sp³-hybridized carbons (Fsp3) is 0.957. The van der Waals surface area contributed by atoms with Gasteiger partial charge < -0.3 is 14.2 Å². The van der Waals surface area contributed by atoms with Crippen molar-refractivity contribution < 1.29 is 19.0 Å². The van der Waals surface area contributed by atoms with Crippen molar-refractivity contribution in [2.75, 3.05) is 26.4 Å². The minimum absolute atomic E-state index is 0.0971. The van der Waals surface area contributed by atoms with E-state index in [1.165, 1.54) is 70.6 Å². The largest absolute Gasteiger partial charge is 0.466 e. The van der Waals surface area contributed by atoms with Gasteiger partial charge in [-0.05, 0) is 26.7 Å². The molecule has 4 heteroatoms. The molecule has 0 aromatic rings. The van der Waals surface area contributed by atoms with Gasteiger partial charge in [-0.1, -0.05) is 77.6 Å². The summed E-state index contributed by atoms with van der Waals surface area (Å²) in [4.78, 5) is 11.6. The molecule has 0 spiro atoms. The Morgan fingerprint density at radius 3 is 1.78 bits per heavy atom. The van der Waals surface area contributed by atoms with Crippen molar-refractivity contribution in [1.82, 2.24) is 0 Å². The minimum Gasteiger partial charge on any atom is -0.466 e. The van der Waals surface area contributed by atoms with Gasteiger partial charge in [0.15, 0.2) is 0 Å². The average Bonchev–Trinajstić information content (AvgIpc) is 2.64. The monoisotopic (exact) mass is 386 g/mol. The van der Waals surface area contributed by atoms with E-state index >= 15 is 0 Å². The van der Waals surface area contributed by atoms with Gasteiger partial charge >= 0.3 is 5.97 Å². The van der Waals surface area contributed by atoms with Crippen LogP contribution in [0.25, 0.3) is 0 Å². The van der Waals surface area contributed by atoms with Crippen LogP contribution < -0.4 is 0 Å². The molecule has 0 saturated heterocycles. The lowest BCUT2D eigenvalue weighted by molar-refractivity contribution is -0.144. The van der Waals surface area contributed by atoms with Gasteiger partial charge in [0.05, 0.1) is 25.9 Å². The second kappa shape index (κ2) is 21.7. The molecule has 0 N–H and O–H groups in total. The zero-order chi connectivity index (χ0) is 20.0. The van der Waals surface area contributed by atoms with Gasteiger partial charge in [0.25, 0.3) is 0 Å². The third-order valence-electron chi connectivity index (χ3n) is 4.61. The molecular weight excluding hydrogens is 340 g/mol. The predicted octanol–water partition coefficient (Wildman–Crippen LogP) is 6.45. The third-order valence-corrected chi connectivity index (χ3v) is 4.61. The maximum atomic E-state index is 11.6. The minimum atomic E-state index is -0.0971. The summed E-state index contributed by atoms with van der Waals surface area (Å²) in [6, 6.07) is 0. The van der Waals surface area contributed by atoms with E-state index in [1.54, 1.807) is 0 Å². The molecule has 27 heavy (non-hydrogen) atoms. The van der Waals surface area contributed by atoms with Gasteiger partial charge in [0.2, 0.25) is 0 Å². The highest BCUT2D eigenvalue weighted by Crippen LogP contribution is 2.12. The number of esters is 1. The second-order valence-corrected chi connectivity index (χ2v) is 7.75. The number of hydrogen-bond donors (Lipinski definition) is 0. The van der Waals surface area contributed by atoms with E-state index in [2.05, 4.69) is 6.92 Å². The molecule has 0 aromatic carbocycles. The first-order valence-electron chi connectivity index (χ1n) is 11.5. The molecule has 0 bridgehead atoms. The molecule has 0 saturated carbocycles. The van der Waals surface area contributed by atoms with E-state index in [-0.39, 0.29) is 12.1 Å². The van der Waals surface area contributed by atoms with Crippen LogP contribution in [-0.2, 0) is 19.0 Å². The molecule has 162 valence electrons.